The smallest absolute Gasteiger partial charge is 0.185 e. The van der Waals surface area contributed by atoms with Crippen molar-refractivity contribution in [1.82, 2.24) is 0 Å². The Morgan fingerprint density at radius 1 is 1.58 bits per heavy atom. The standard InChI is InChI=1S/C9H10O3/c1-2-5-11-7-9-4-3-8(6-10)12-9/h2-4,6H,1,5,7H2. The molecular weight excluding hydrogens is 156 g/mol. The van der Waals surface area contributed by atoms with Crippen molar-refractivity contribution in [3.63, 3.8) is 0 Å². The van der Waals surface area contributed by atoms with E-state index in [1.54, 1.807) is 18.2 Å². The molecule has 64 valence electrons. The van der Waals surface area contributed by atoms with Crippen molar-refractivity contribution in [3.8, 4) is 0 Å². The molecule has 0 spiro atoms. The van der Waals surface area contributed by atoms with Gasteiger partial charge in [0.1, 0.15) is 12.4 Å². The van der Waals surface area contributed by atoms with E-state index < -0.39 is 0 Å². The van der Waals surface area contributed by atoms with Gasteiger partial charge in [-0.15, -0.1) is 6.58 Å². The summed E-state index contributed by atoms with van der Waals surface area (Å²) in [4.78, 5) is 10.2. The van der Waals surface area contributed by atoms with Gasteiger partial charge in [-0.1, -0.05) is 6.08 Å². The highest BCUT2D eigenvalue weighted by molar-refractivity contribution is 5.70. The number of aldehydes is 1. The van der Waals surface area contributed by atoms with E-state index in [0.717, 1.165) is 0 Å². The number of carbonyl (C=O) groups is 1. The average molecular weight is 166 g/mol. The topological polar surface area (TPSA) is 39.4 Å². The van der Waals surface area contributed by atoms with Crippen LogP contribution in [0.2, 0.25) is 0 Å². The first-order valence-electron chi connectivity index (χ1n) is 3.59. The highest BCUT2D eigenvalue weighted by atomic mass is 16.5. The molecule has 1 heterocycles. The second kappa shape index (κ2) is 4.51. The maximum absolute atomic E-state index is 10.2. The number of hydrogen-bond donors (Lipinski definition) is 0. The van der Waals surface area contributed by atoms with Gasteiger partial charge in [0.2, 0.25) is 0 Å². The highest BCUT2D eigenvalue weighted by Gasteiger charge is 1.99. The van der Waals surface area contributed by atoms with E-state index in [9.17, 15) is 4.79 Å². The molecule has 1 aromatic heterocycles. The molecule has 0 N–H and O–H groups in total. The minimum Gasteiger partial charge on any atom is -0.456 e. The van der Waals surface area contributed by atoms with Crippen LogP contribution in [-0.4, -0.2) is 12.9 Å². The molecule has 0 radical (unpaired) electrons. The van der Waals surface area contributed by atoms with Gasteiger partial charge in [0.25, 0.3) is 0 Å². The molecule has 0 aliphatic carbocycles. The summed E-state index contributed by atoms with van der Waals surface area (Å²) in [6.45, 7) is 4.36. The molecule has 3 heteroatoms. The summed E-state index contributed by atoms with van der Waals surface area (Å²) in [5.74, 6) is 0.978. The minimum absolute atomic E-state index is 0.326. The third-order valence-electron chi connectivity index (χ3n) is 1.28. The van der Waals surface area contributed by atoms with E-state index >= 15 is 0 Å². The van der Waals surface area contributed by atoms with Crippen LogP contribution in [0, 0.1) is 0 Å². The van der Waals surface area contributed by atoms with Gasteiger partial charge in [-0.3, -0.25) is 4.79 Å². The van der Waals surface area contributed by atoms with Crippen LogP contribution >= 0.6 is 0 Å². The Morgan fingerprint density at radius 3 is 3.00 bits per heavy atom. The van der Waals surface area contributed by atoms with Gasteiger partial charge in [0.15, 0.2) is 12.0 Å². The second-order valence-electron chi connectivity index (χ2n) is 2.23. The second-order valence-corrected chi connectivity index (χ2v) is 2.23. The van der Waals surface area contributed by atoms with Crippen LogP contribution in [0.1, 0.15) is 16.3 Å². The van der Waals surface area contributed by atoms with Gasteiger partial charge < -0.3 is 9.15 Å². The van der Waals surface area contributed by atoms with Crippen LogP contribution in [0.4, 0.5) is 0 Å². The molecule has 0 bridgehead atoms. The lowest BCUT2D eigenvalue weighted by atomic mass is 10.4. The SMILES string of the molecule is C=CCOCc1ccc(C=O)o1. The minimum atomic E-state index is 0.326. The van der Waals surface area contributed by atoms with E-state index in [-0.39, 0.29) is 0 Å². The van der Waals surface area contributed by atoms with Crippen molar-refractivity contribution >= 4 is 6.29 Å². The van der Waals surface area contributed by atoms with Crippen LogP contribution in [0.15, 0.2) is 29.2 Å². The number of furan rings is 1. The van der Waals surface area contributed by atoms with E-state index in [2.05, 4.69) is 6.58 Å². The Bertz CT molecular complexity index is 262. The van der Waals surface area contributed by atoms with Crippen LogP contribution in [0.5, 0.6) is 0 Å². The lowest BCUT2D eigenvalue weighted by molar-refractivity contribution is 0.108. The maximum Gasteiger partial charge on any atom is 0.185 e. The maximum atomic E-state index is 10.2. The molecule has 0 aliphatic rings. The van der Waals surface area contributed by atoms with Gasteiger partial charge in [-0.2, -0.15) is 0 Å². The molecule has 1 aromatic rings. The van der Waals surface area contributed by atoms with Crippen LogP contribution < -0.4 is 0 Å². The summed E-state index contributed by atoms with van der Waals surface area (Å²) in [6, 6.07) is 3.33. The molecule has 3 nitrogen and oxygen atoms in total. The van der Waals surface area contributed by atoms with E-state index in [1.165, 1.54) is 0 Å². The fourth-order valence-electron chi connectivity index (χ4n) is 0.778. The zero-order valence-electron chi connectivity index (χ0n) is 6.66. The summed E-state index contributed by atoms with van der Waals surface area (Å²) in [6.07, 6.45) is 2.32. The predicted octanol–water partition coefficient (Wildman–Crippen LogP) is 1.79. The molecule has 0 aromatic carbocycles. The third kappa shape index (κ3) is 2.36. The largest absolute Gasteiger partial charge is 0.456 e. The summed E-state index contributed by atoms with van der Waals surface area (Å²) in [7, 11) is 0. The number of hydrogen-bond acceptors (Lipinski definition) is 3. The van der Waals surface area contributed by atoms with Gasteiger partial charge in [0, 0.05) is 0 Å². The summed E-state index contributed by atoms with van der Waals surface area (Å²) >= 11 is 0. The van der Waals surface area contributed by atoms with E-state index in [4.69, 9.17) is 9.15 Å². The Labute approximate surface area is 70.6 Å². The van der Waals surface area contributed by atoms with Crippen molar-refractivity contribution in [1.29, 1.82) is 0 Å². The fraction of sp³-hybridized carbons (Fsp3) is 0.222. The van der Waals surface area contributed by atoms with Crippen LogP contribution in [-0.2, 0) is 11.3 Å². The van der Waals surface area contributed by atoms with Crippen molar-refractivity contribution in [2.45, 2.75) is 6.61 Å². The lowest BCUT2D eigenvalue weighted by Crippen LogP contribution is -1.89. The molecular formula is C9H10O3. The normalized spacial score (nSPS) is 9.67. The Hall–Kier alpha value is -1.35. The highest BCUT2D eigenvalue weighted by Crippen LogP contribution is 2.06. The lowest BCUT2D eigenvalue weighted by Gasteiger charge is -1.95. The quantitative estimate of drug-likeness (QED) is 0.380. The van der Waals surface area contributed by atoms with Crippen LogP contribution in [0.25, 0.3) is 0 Å². The number of ether oxygens (including phenoxy) is 1. The summed E-state index contributed by atoms with van der Waals surface area (Å²) in [5, 5.41) is 0. The first-order valence-corrected chi connectivity index (χ1v) is 3.59. The first kappa shape index (κ1) is 8.74. The Balaban J connectivity index is 2.41. The van der Waals surface area contributed by atoms with E-state index in [0.29, 0.717) is 31.0 Å². The molecule has 0 atom stereocenters. The molecule has 0 saturated carbocycles. The van der Waals surface area contributed by atoms with Gasteiger partial charge in [0.05, 0.1) is 6.61 Å². The van der Waals surface area contributed by atoms with Gasteiger partial charge in [-0.05, 0) is 12.1 Å². The zero-order chi connectivity index (χ0) is 8.81. The van der Waals surface area contributed by atoms with Crippen molar-refractivity contribution < 1.29 is 13.9 Å². The van der Waals surface area contributed by atoms with Crippen molar-refractivity contribution in [3.05, 3.63) is 36.3 Å². The van der Waals surface area contributed by atoms with Gasteiger partial charge >= 0.3 is 0 Å². The molecule has 0 saturated heterocycles. The van der Waals surface area contributed by atoms with Crippen molar-refractivity contribution in [2.24, 2.45) is 0 Å². The molecule has 0 aliphatic heterocycles. The zero-order valence-corrected chi connectivity index (χ0v) is 6.66. The van der Waals surface area contributed by atoms with Crippen LogP contribution in [0.3, 0.4) is 0 Å². The van der Waals surface area contributed by atoms with Gasteiger partial charge in [-0.25, -0.2) is 0 Å². The Kier molecular flexibility index (Phi) is 3.29. The molecule has 1 rings (SSSR count). The summed E-state index contributed by atoms with van der Waals surface area (Å²) < 4.78 is 10.2. The first-order chi connectivity index (χ1) is 5.86. The average Bonchev–Trinajstić information content (AvgIpc) is 2.53. The fourth-order valence-corrected chi connectivity index (χ4v) is 0.778. The number of carbonyl (C=O) groups excluding carboxylic acids is 1. The molecule has 0 unspecified atom stereocenters. The molecule has 12 heavy (non-hydrogen) atoms. The number of rotatable bonds is 5. The van der Waals surface area contributed by atoms with E-state index in [1.807, 2.05) is 0 Å². The monoisotopic (exact) mass is 166 g/mol. The predicted molar refractivity (Wildman–Crippen MR) is 43.9 cm³/mol. The summed E-state index contributed by atoms with van der Waals surface area (Å²) in [5.41, 5.74) is 0. The molecule has 0 amide bonds. The Morgan fingerprint density at radius 2 is 2.42 bits per heavy atom. The molecule has 0 fully saturated rings. The third-order valence-corrected chi connectivity index (χ3v) is 1.28. The van der Waals surface area contributed by atoms with Crippen molar-refractivity contribution in [2.75, 3.05) is 6.61 Å².